The van der Waals surface area contributed by atoms with E-state index in [9.17, 15) is 0 Å². The Labute approximate surface area is 117 Å². The number of rotatable bonds is 3. The van der Waals surface area contributed by atoms with Gasteiger partial charge in [0.15, 0.2) is 0 Å². The Morgan fingerprint density at radius 2 is 1.74 bits per heavy atom. The van der Waals surface area contributed by atoms with Crippen LogP contribution in [0.4, 0.5) is 0 Å². The Kier molecular flexibility index (Phi) is 4.16. The molecular formula is C16H29NO2. The normalized spacial score (nSPS) is 33.6. The maximum atomic E-state index is 6.43. The molecule has 2 aliphatic heterocycles. The second-order valence-corrected chi connectivity index (χ2v) is 7.08. The fourth-order valence-electron chi connectivity index (χ4n) is 3.96. The fraction of sp³-hybridized carbons (Fsp3) is 1.00. The lowest BCUT2D eigenvalue weighted by Crippen LogP contribution is -2.49. The van der Waals surface area contributed by atoms with Crippen LogP contribution in [0.2, 0.25) is 0 Å². The quantitative estimate of drug-likeness (QED) is 0.852. The highest BCUT2D eigenvalue weighted by Gasteiger charge is 2.41. The van der Waals surface area contributed by atoms with E-state index in [1.165, 1.54) is 44.9 Å². The van der Waals surface area contributed by atoms with E-state index in [0.717, 1.165) is 32.6 Å². The van der Waals surface area contributed by atoms with Gasteiger partial charge in [0, 0.05) is 25.3 Å². The van der Waals surface area contributed by atoms with Gasteiger partial charge in [0.25, 0.3) is 0 Å². The van der Waals surface area contributed by atoms with Gasteiger partial charge in [-0.2, -0.15) is 0 Å². The van der Waals surface area contributed by atoms with Crippen molar-refractivity contribution in [2.24, 2.45) is 0 Å². The molecule has 1 spiro atoms. The molecule has 3 nitrogen and oxygen atoms in total. The topological polar surface area (TPSA) is 30.5 Å². The second-order valence-electron chi connectivity index (χ2n) is 7.08. The summed E-state index contributed by atoms with van der Waals surface area (Å²) >= 11 is 0. The first-order chi connectivity index (χ1) is 9.20. The summed E-state index contributed by atoms with van der Waals surface area (Å²) in [6, 6.07) is 0. The zero-order valence-corrected chi connectivity index (χ0v) is 12.4. The molecule has 0 bridgehead atoms. The standard InChI is InChI=1S/C16H29NO2/c1-15(9-11-18-12-10-15)17-13-14-5-8-16(19-14)6-3-2-4-7-16/h14,17H,2-13H2,1H3. The highest BCUT2D eigenvalue weighted by atomic mass is 16.5. The lowest BCUT2D eigenvalue weighted by atomic mass is 9.83. The van der Waals surface area contributed by atoms with E-state index in [4.69, 9.17) is 9.47 Å². The predicted molar refractivity (Wildman–Crippen MR) is 76.4 cm³/mol. The van der Waals surface area contributed by atoms with Crippen molar-refractivity contribution in [2.75, 3.05) is 19.8 Å². The molecule has 0 radical (unpaired) electrons. The molecule has 1 N–H and O–H groups in total. The number of nitrogens with one attached hydrogen (secondary N) is 1. The molecule has 19 heavy (non-hydrogen) atoms. The van der Waals surface area contributed by atoms with Crippen LogP contribution in [0.1, 0.15) is 64.7 Å². The van der Waals surface area contributed by atoms with Gasteiger partial charge in [-0.1, -0.05) is 19.3 Å². The number of hydrogen-bond acceptors (Lipinski definition) is 3. The fourth-order valence-corrected chi connectivity index (χ4v) is 3.96. The number of ether oxygens (including phenoxy) is 2. The van der Waals surface area contributed by atoms with Crippen molar-refractivity contribution in [3.05, 3.63) is 0 Å². The van der Waals surface area contributed by atoms with Gasteiger partial charge in [-0.15, -0.1) is 0 Å². The van der Waals surface area contributed by atoms with Crippen LogP contribution in [0.15, 0.2) is 0 Å². The second kappa shape index (κ2) is 5.71. The highest BCUT2D eigenvalue weighted by molar-refractivity contribution is 4.93. The maximum absolute atomic E-state index is 6.43. The largest absolute Gasteiger partial charge is 0.381 e. The van der Waals surface area contributed by atoms with Gasteiger partial charge in [0.2, 0.25) is 0 Å². The Hall–Kier alpha value is -0.120. The Morgan fingerprint density at radius 3 is 2.47 bits per heavy atom. The average Bonchev–Trinajstić information content (AvgIpc) is 2.82. The molecule has 3 aliphatic rings. The average molecular weight is 267 g/mol. The molecule has 1 saturated carbocycles. The molecule has 3 fully saturated rings. The summed E-state index contributed by atoms with van der Waals surface area (Å²) in [7, 11) is 0. The molecule has 2 saturated heterocycles. The molecular weight excluding hydrogens is 238 g/mol. The van der Waals surface area contributed by atoms with E-state index in [1.54, 1.807) is 0 Å². The van der Waals surface area contributed by atoms with E-state index in [2.05, 4.69) is 12.2 Å². The van der Waals surface area contributed by atoms with Crippen molar-refractivity contribution < 1.29 is 9.47 Å². The molecule has 0 amide bonds. The zero-order valence-electron chi connectivity index (χ0n) is 12.4. The maximum Gasteiger partial charge on any atom is 0.0708 e. The Morgan fingerprint density at radius 1 is 1.00 bits per heavy atom. The molecule has 0 aromatic carbocycles. The Bertz CT molecular complexity index is 293. The van der Waals surface area contributed by atoms with Crippen LogP contribution in [0.3, 0.4) is 0 Å². The van der Waals surface area contributed by atoms with Crippen molar-refractivity contribution in [2.45, 2.75) is 82.0 Å². The smallest absolute Gasteiger partial charge is 0.0708 e. The van der Waals surface area contributed by atoms with Gasteiger partial charge in [-0.05, 0) is 45.4 Å². The summed E-state index contributed by atoms with van der Waals surface area (Å²) < 4.78 is 11.9. The molecule has 0 aromatic heterocycles. The molecule has 1 aliphatic carbocycles. The van der Waals surface area contributed by atoms with Gasteiger partial charge in [0.05, 0.1) is 11.7 Å². The van der Waals surface area contributed by atoms with Gasteiger partial charge < -0.3 is 14.8 Å². The predicted octanol–water partition coefficient (Wildman–Crippen LogP) is 3.03. The lowest BCUT2D eigenvalue weighted by molar-refractivity contribution is -0.0658. The van der Waals surface area contributed by atoms with Crippen molar-refractivity contribution >= 4 is 0 Å². The van der Waals surface area contributed by atoms with E-state index in [0.29, 0.717) is 6.10 Å². The molecule has 1 unspecified atom stereocenters. The lowest BCUT2D eigenvalue weighted by Gasteiger charge is -2.37. The highest BCUT2D eigenvalue weighted by Crippen LogP contribution is 2.41. The third-order valence-electron chi connectivity index (χ3n) is 5.46. The third kappa shape index (κ3) is 3.32. The van der Waals surface area contributed by atoms with Crippen LogP contribution in [-0.4, -0.2) is 37.0 Å². The number of hydrogen-bond donors (Lipinski definition) is 1. The SMILES string of the molecule is CC1(NCC2CCC3(CCCCC3)O2)CCOCC1. The van der Waals surface area contributed by atoms with Crippen LogP contribution >= 0.6 is 0 Å². The van der Waals surface area contributed by atoms with Crippen molar-refractivity contribution in [3.63, 3.8) is 0 Å². The third-order valence-corrected chi connectivity index (χ3v) is 5.46. The van der Waals surface area contributed by atoms with E-state index < -0.39 is 0 Å². The zero-order chi connectivity index (χ0) is 13.2. The summed E-state index contributed by atoms with van der Waals surface area (Å²) in [6.45, 7) is 5.16. The summed E-state index contributed by atoms with van der Waals surface area (Å²) in [5.74, 6) is 0. The van der Waals surface area contributed by atoms with Crippen LogP contribution < -0.4 is 5.32 Å². The summed E-state index contributed by atoms with van der Waals surface area (Å²) in [4.78, 5) is 0. The first-order valence-corrected chi connectivity index (χ1v) is 8.20. The van der Waals surface area contributed by atoms with E-state index in [-0.39, 0.29) is 11.1 Å². The summed E-state index contributed by atoms with van der Waals surface area (Å²) in [5, 5.41) is 3.76. The first-order valence-electron chi connectivity index (χ1n) is 8.20. The molecule has 1 atom stereocenters. The van der Waals surface area contributed by atoms with Gasteiger partial charge in [-0.25, -0.2) is 0 Å². The Balaban J connectivity index is 1.46. The van der Waals surface area contributed by atoms with Crippen molar-refractivity contribution in [1.29, 1.82) is 0 Å². The van der Waals surface area contributed by atoms with Crippen molar-refractivity contribution in [3.8, 4) is 0 Å². The van der Waals surface area contributed by atoms with E-state index >= 15 is 0 Å². The molecule has 3 heteroatoms. The molecule has 110 valence electrons. The van der Waals surface area contributed by atoms with Crippen LogP contribution in [0, 0.1) is 0 Å². The minimum atomic E-state index is 0.265. The van der Waals surface area contributed by atoms with Gasteiger partial charge >= 0.3 is 0 Å². The first kappa shape index (κ1) is 13.8. The van der Waals surface area contributed by atoms with Crippen LogP contribution in [0.5, 0.6) is 0 Å². The van der Waals surface area contributed by atoms with E-state index in [1.807, 2.05) is 0 Å². The molecule has 0 aromatic rings. The molecule has 2 heterocycles. The summed E-state index contributed by atoms with van der Waals surface area (Å²) in [5.41, 5.74) is 0.533. The minimum Gasteiger partial charge on any atom is -0.381 e. The summed E-state index contributed by atoms with van der Waals surface area (Å²) in [6.07, 6.45) is 12.0. The van der Waals surface area contributed by atoms with Crippen LogP contribution in [0.25, 0.3) is 0 Å². The van der Waals surface area contributed by atoms with Crippen molar-refractivity contribution in [1.82, 2.24) is 5.32 Å². The molecule has 3 rings (SSSR count). The van der Waals surface area contributed by atoms with Gasteiger partial charge in [0.1, 0.15) is 0 Å². The monoisotopic (exact) mass is 267 g/mol. The van der Waals surface area contributed by atoms with Crippen LogP contribution in [-0.2, 0) is 9.47 Å². The minimum absolute atomic E-state index is 0.265. The van der Waals surface area contributed by atoms with Gasteiger partial charge in [-0.3, -0.25) is 0 Å².